The van der Waals surface area contributed by atoms with E-state index in [4.69, 9.17) is 0 Å². The largest absolute Gasteiger partial charge is 0.342 e. The number of hydrogen-bond acceptors (Lipinski definition) is 2. The van der Waals surface area contributed by atoms with E-state index in [1.54, 1.807) is 16.8 Å². The standard InChI is InChI=1S/C20H26FN3O/c1-23-14-18(13-22-23)9-10-20(25)24-11-3-5-17(15-24)8-7-16-4-2-6-19(21)12-16/h2,4,6,12-14,17H,3,5,7-11,15H2,1H3/t17-/m1/s1. The first-order chi connectivity index (χ1) is 12.1. The second-order valence-electron chi connectivity index (χ2n) is 7.04. The Morgan fingerprint density at radius 1 is 1.32 bits per heavy atom. The normalized spacial score (nSPS) is 17.7. The third-order valence-electron chi connectivity index (χ3n) is 4.99. The summed E-state index contributed by atoms with van der Waals surface area (Å²) in [6.07, 6.45) is 9.18. The van der Waals surface area contributed by atoms with Crippen molar-refractivity contribution in [3.63, 3.8) is 0 Å². The van der Waals surface area contributed by atoms with E-state index in [0.29, 0.717) is 12.3 Å². The third-order valence-corrected chi connectivity index (χ3v) is 4.99. The van der Waals surface area contributed by atoms with Crippen molar-refractivity contribution < 1.29 is 9.18 Å². The van der Waals surface area contributed by atoms with Crippen LogP contribution in [0.2, 0.25) is 0 Å². The molecule has 0 saturated carbocycles. The smallest absolute Gasteiger partial charge is 0.222 e. The number of amides is 1. The molecule has 1 amide bonds. The van der Waals surface area contributed by atoms with Gasteiger partial charge < -0.3 is 4.90 Å². The molecule has 2 heterocycles. The van der Waals surface area contributed by atoms with E-state index in [9.17, 15) is 9.18 Å². The number of nitrogens with zero attached hydrogens (tertiary/aromatic N) is 3. The van der Waals surface area contributed by atoms with Crippen LogP contribution in [-0.4, -0.2) is 33.7 Å². The maximum atomic E-state index is 13.3. The Morgan fingerprint density at radius 2 is 2.20 bits per heavy atom. The Hall–Kier alpha value is -2.17. The Bertz CT molecular complexity index is 712. The molecule has 0 aliphatic carbocycles. The van der Waals surface area contributed by atoms with Gasteiger partial charge in [0.2, 0.25) is 5.91 Å². The topological polar surface area (TPSA) is 38.1 Å². The zero-order chi connectivity index (χ0) is 17.6. The number of aryl methyl sites for hydroxylation is 3. The third kappa shape index (κ3) is 5.15. The van der Waals surface area contributed by atoms with Gasteiger partial charge in [-0.2, -0.15) is 5.10 Å². The summed E-state index contributed by atoms with van der Waals surface area (Å²) in [5.74, 6) is 0.576. The minimum absolute atomic E-state index is 0.173. The fourth-order valence-electron chi connectivity index (χ4n) is 3.60. The summed E-state index contributed by atoms with van der Waals surface area (Å²) in [7, 11) is 1.89. The summed E-state index contributed by atoms with van der Waals surface area (Å²) in [5.41, 5.74) is 2.15. The number of likely N-dealkylation sites (tertiary alicyclic amines) is 1. The molecule has 1 aromatic heterocycles. The van der Waals surface area contributed by atoms with E-state index in [1.165, 1.54) is 6.07 Å². The lowest BCUT2D eigenvalue weighted by atomic mass is 9.91. The SMILES string of the molecule is Cn1cc(CCC(=O)N2CCC[C@H](CCc3cccc(F)c3)C2)cn1. The van der Waals surface area contributed by atoms with Crippen LogP contribution in [0.1, 0.15) is 36.8 Å². The molecular weight excluding hydrogens is 317 g/mol. The Kier molecular flexibility index (Phi) is 5.84. The molecule has 0 radical (unpaired) electrons. The summed E-state index contributed by atoms with van der Waals surface area (Å²) >= 11 is 0. The Balaban J connectivity index is 1.46. The molecule has 1 atom stereocenters. The van der Waals surface area contributed by atoms with Crippen LogP contribution in [0.25, 0.3) is 0 Å². The summed E-state index contributed by atoms with van der Waals surface area (Å²) in [6.45, 7) is 1.70. The predicted molar refractivity (Wildman–Crippen MR) is 95.6 cm³/mol. The molecule has 0 N–H and O–H groups in total. The number of halogens is 1. The van der Waals surface area contributed by atoms with Crippen molar-refractivity contribution in [2.24, 2.45) is 13.0 Å². The fourth-order valence-corrected chi connectivity index (χ4v) is 3.60. The zero-order valence-corrected chi connectivity index (χ0v) is 14.8. The second kappa shape index (κ2) is 8.28. The average Bonchev–Trinajstić information content (AvgIpc) is 3.03. The Morgan fingerprint density at radius 3 is 2.96 bits per heavy atom. The van der Waals surface area contributed by atoms with Gasteiger partial charge in [0, 0.05) is 32.8 Å². The lowest BCUT2D eigenvalue weighted by molar-refractivity contribution is -0.133. The molecule has 1 aromatic carbocycles. The van der Waals surface area contributed by atoms with Crippen molar-refractivity contribution in [1.29, 1.82) is 0 Å². The molecule has 0 spiro atoms. The van der Waals surface area contributed by atoms with E-state index in [2.05, 4.69) is 5.10 Å². The van der Waals surface area contributed by atoms with Crippen LogP contribution in [-0.2, 0) is 24.7 Å². The summed E-state index contributed by atoms with van der Waals surface area (Å²) in [6, 6.07) is 6.83. The van der Waals surface area contributed by atoms with Crippen LogP contribution in [0, 0.1) is 11.7 Å². The molecule has 1 fully saturated rings. The summed E-state index contributed by atoms with van der Waals surface area (Å²) in [4.78, 5) is 14.5. The molecule has 4 nitrogen and oxygen atoms in total. The maximum absolute atomic E-state index is 13.3. The van der Waals surface area contributed by atoms with E-state index in [1.807, 2.05) is 30.4 Å². The lowest BCUT2D eigenvalue weighted by Gasteiger charge is -2.33. The van der Waals surface area contributed by atoms with Crippen LogP contribution in [0.4, 0.5) is 4.39 Å². The number of carbonyl (C=O) groups is 1. The van der Waals surface area contributed by atoms with Crippen molar-refractivity contribution >= 4 is 5.91 Å². The van der Waals surface area contributed by atoms with Crippen LogP contribution in [0.15, 0.2) is 36.7 Å². The van der Waals surface area contributed by atoms with Gasteiger partial charge in [0.15, 0.2) is 0 Å². The quantitative estimate of drug-likeness (QED) is 0.807. The molecule has 134 valence electrons. The Labute approximate surface area is 148 Å². The molecule has 5 heteroatoms. The van der Waals surface area contributed by atoms with E-state index in [0.717, 1.165) is 56.3 Å². The first kappa shape index (κ1) is 17.6. The number of carbonyl (C=O) groups excluding carboxylic acids is 1. The van der Waals surface area contributed by atoms with Gasteiger partial charge in [-0.15, -0.1) is 0 Å². The molecule has 0 bridgehead atoms. The van der Waals surface area contributed by atoms with Crippen molar-refractivity contribution in [3.05, 3.63) is 53.6 Å². The molecule has 2 aromatic rings. The van der Waals surface area contributed by atoms with Gasteiger partial charge in [-0.3, -0.25) is 9.48 Å². The van der Waals surface area contributed by atoms with Gasteiger partial charge in [0.25, 0.3) is 0 Å². The van der Waals surface area contributed by atoms with Crippen molar-refractivity contribution in [1.82, 2.24) is 14.7 Å². The molecule has 0 unspecified atom stereocenters. The first-order valence-corrected chi connectivity index (χ1v) is 9.10. The van der Waals surface area contributed by atoms with E-state index >= 15 is 0 Å². The van der Waals surface area contributed by atoms with Gasteiger partial charge in [0.05, 0.1) is 6.20 Å². The highest BCUT2D eigenvalue weighted by Crippen LogP contribution is 2.22. The highest BCUT2D eigenvalue weighted by molar-refractivity contribution is 5.76. The number of aromatic nitrogens is 2. The maximum Gasteiger partial charge on any atom is 0.222 e. The van der Waals surface area contributed by atoms with Crippen LogP contribution >= 0.6 is 0 Å². The molecule has 1 aliphatic rings. The van der Waals surface area contributed by atoms with Crippen molar-refractivity contribution in [2.45, 2.75) is 38.5 Å². The molecule has 1 aliphatic heterocycles. The van der Waals surface area contributed by atoms with Gasteiger partial charge in [-0.25, -0.2) is 4.39 Å². The second-order valence-corrected chi connectivity index (χ2v) is 7.04. The number of rotatable bonds is 6. The van der Waals surface area contributed by atoms with Crippen LogP contribution < -0.4 is 0 Å². The van der Waals surface area contributed by atoms with Gasteiger partial charge in [0.1, 0.15) is 5.82 Å². The zero-order valence-electron chi connectivity index (χ0n) is 14.8. The molecule has 3 rings (SSSR count). The van der Waals surface area contributed by atoms with E-state index < -0.39 is 0 Å². The van der Waals surface area contributed by atoms with Gasteiger partial charge >= 0.3 is 0 Å². The van der Waals surface area contributed by atoms with E-state index in [-0.39, 0.29) is 11.7 Å². The number of hydrogen-bond donors (Lipinski definition) is 0. The predicted octanol–water partition coefficient (Wildman–Crippen LogP) is 3.36. The van der Waals surface area contributed by atoms with Crippen molar-refractivity contribution in [3.8, 4) is 0 Å². The highest BCUT2D eigenvalue weighted by Gasteiger charge is 2.23. The fraction of sp³-hybridized carbons (Fsp3) is 0.500. The minimum atomic E-state index is -0.173. The lowest BCUT2D eigenvalue weighted by Crippen LogP contribution is -2.40. The summed E-state index contributed by atoms with van der Waals surface area (Å²) in [5, 5.41) is 4.14. The van der Waals surface area contributed by atoms with Crippen molar-refractivity contribution in [2.75, 3.05) is 13.1 Å². The monoisotopic (exact) mass is 343 g/mol. The molecule has 25 heavy (non-hydrogen) atoms. The average molecular weight is 343 g/mol. The van der Waals surface area contributed by atoms with Crippen LogP contribution in [0.5, 0.6) is 0 Å². The molecular formula is C20H26FN3O. The molecule has 1 saturated heterocycles. The summed E-state index contributed by atoms with van der Waals surface area (Å²) < 4.78 is 15.0. The van der Waals surface area contributed by atoms with Crippen LogP contribution in [0.3, 0.4) is 0 Å². The number of benzene rings is 1. The number of piperidine rings is 1. The van der Waals surface area contributed by atoms with Gasteiger partial charge in [-0.05, 0) is 61.3 Å². The van der Waals surface area contributed by atoms with Gasteiger partial charge in [-0.1, -0.05) is 12.1 Å². The first-order valence-electron chi connectivity index (χ1n) is 9.10. The highest BCUT2D eigenvalue weighted by atomic mass is 19.1. The minimum Gasteiger partial charge on any atom is -0.342 e.